The van der Waals surface area contributed by atoms with Crippen molar-refractivity contribution >= 4 is 21.7 Å². The maximum absolute atomic E-state index is 11.2. The Hall–Kier alpha value is -1.45. The predicted molar refractivity (Wildman–Crippen MR) is 87.0 cm³/mol. The van der Waals surface area contributed by atoms with E-state index in [4.69, 9.17) is 25.3 Å². The van der Waals surface area contributed by atoms with Crippen LogP contribution in [0.25, 0.3) is 0 Å². The molecule has 2 heterocycles. The molecule has 1 aliphatic rings. The molecule has 0 radical (unpaired) electrons. The van der Waals surface area contributed by atoms with Gasteiger partial charge in [0.1, 0.15) is 6.10 Å². The third kappa shape index (κ3) is 4.14. The number of imidazole rings is 1. The molecule has 0 saturated carbocycles. The fourth-order valence-electron chi connectivity index (χ4n) is 2.50. The lowest BCUT2D eigenvalue weighted by Gasteiger charge is -2.29. The molecule has 1 saturated heterocycles. The zero-order valence-electron chi connectivity index (χ0n) is 13.0. The van der Waals surface area contributed by atoms with Gasteiger partial charge in [0, 0.05) is 23.0 Å². The van der Waals surface area contributed by atoms with E-state index in [2.05, 4.69) is 4.98 Å². The first-order valence-corrected chi connectivity index (χ1v) is 9.44. The fourth-order valence-corrected chi connectivity index (χ4v) is 3.02. The van der Waals surface area contributed by atoms with Gasteiger partial charge in [0.05, 0.1) is 32.3 Å². The minimum absolute atomic E-state index is 0.0991. The van der Waals surface area contributed by atoms with E-state index in [1.165, 1.54) is 0 Å². The van der Waals surface area contributed by atoms with Gasteiger partial charge in [-0.2, -0.15) is 8.42 Å². The quantitative estimate of drug-likeness (QED) is 0.719. The molecule has 0 N–H and O–H groups in total. The van der Waals surface area contributed by atoms with Gasteiger partial charge in [-0.1, -0.05) is 23.7 Å². The highest BCUT2D eigenvalue weighted by Crippen LogP contribution is 2.36. The number of nitrogens with zero attached hydrogens (tertiary/aromatic N) is 2. The van der Waals surface area contributed by atoms with Gasteiger partial charge in [-0.25, -0.2) is 4.98 Å². The molecule has 1 fully saturated rings. The normalized spacial score (nSPS) is 24.3. The highest BCUT2D eigenvalue weighted by Gasteiger charge is 2.44. The summed E-state index contributed by atoms with van der Waals surface area (Å²) in [5.74, 6) is -1.06. The fraction of sp³-hybridized carbons (Fsp3) is 0.400. The molecule has 2 unspecified atom stereocenters. The van der Waals surface area contributed by atoms with E-state index in [0.717, 1.165) is 11.8 Å². The van der Waals surface area contributed by atoms with Crippen LogP contribution in [0.15, 0.2) is 43.0 Å². The van der Waals surface area contributed by atoms with Crippen LogP contribution in [0.3, 0.4) is 0 Å². The van der Waals surface area contributed by atoms with Crippen LogP contribution >= 0.6 is 11.6 Å². The molecule has 2 aromatic rings. The summed E-state index contributed by atoms with van der Waals surface area (Å²) in [5, 5.41) is 0.603. The van der Waals surface area contributed by atoms with Gasteiger partial charge in [-0.3, -0.25) is 4.18 Å². The summed E-state index contributed by atoms with van der Waals surface area (Å²) in [6, 6.07) is 7.14. The largest absolute Gasteiger partial charge is 0.342 e. The Morgan fingerprint density at radius 1 is 1.42 bits per heavy atom. The average molecular weight is 373 g/mol. The molecule has 0 spiro atoms. The van der Waals surface area contributed by atoms with Crippen molar-refractivity contribution in [2.75, 3.05) is 19.5 Å². The van der Waals surface area contributed by atoms with Gasteiger partial charge in [0.25, 0.3) is 10.1 Å². The maximum Gasteiger partial charge on any atom is 0.264 e. The van der Waals surface area contributed by atoms with Crippen molar-refractivity contribution in [2.24, 2.45) is 0 Å². The highest BCUT2D eigenvalue weighted by molar-refractivity contribution is 7.85. The van der Waals surface area contributed by atoms with Crippen molar-refractivity contribution in [1.29, 1.82) is 0 Å². The van der Waals surface area contributed by atoms with Crippen LogP contribution in [0, 0.1) is 0 Å². The summed E-state index contributed by atoms with van der Waals surface area (Å²) in [6.45, 7) is 0.481. The first-order chi connectivity index (χ1) is 11.4. The topological polar surface area (TPSA) is 79.7 Å². The zero-order valence-corrected chi connectivity index (χ0v) is 14.5. The Morgan fingerprint density at radius 2 is 2.17 bits per heavy atom. The van der Waals surface area contributed by atoms with Crippen LogP contribution in [0.4, 0.5) is 0 Å². The molecule has 0 aliphatic carbocycles. The standard InChI is InChI=1S/C15H17ClN2O5S/c1-24(19,20)22-9-14-8-21-15(23-14,10-18-7-6-17-11-18)12-2-4-13(16)5-3-12/h2-7,11,14H,8-10H2,1H3. The monoisotopic (exact) mass is 372 g/mol. The lowest BCUT2D eigenvalue weighted by atomic mass is 10.1. The SMILES string of the molecule is CS(=O)(=O)OCC1COC(Cn2ccnc2)(c2ccc(Cl)cc2)O1. The summed E-state index contributed by atoms with van der Waals surface area (Å²) in [6.07, 6.45) is 5.62. The number of hydrogen-bond acceptors (Lipinski definition) is 6. The number of aromatic nitrogens is 2. The zero-order chi connectivity index (χ0) is 17.2. The van der Waals surface area contributed by atoms with Gasteiger partial charge in [0.2, 0.25) is 5.79 Å². The Kier molecular flexibility index (Phi) is 4.93. The first kappa shape index (κ1) is 17.4. The molecule has 24 heavy (non-hydrogen) atoms. The summed E-state index contributed by atoms with van der Waals surface area (Å²) in [7, 11) is -3.54. The molecule has 1 aromatic heterocycles. The van der Waals surface area contributed by atoms with Crippen LogP contribution in [0.2, 0.25) is 5.02 Å². The minimum Gasteiger partial charge on any atom is -0.342 e. The van der Waals surface area contributed by atoms with Crippen molar-refractivity contribution in [3.8, 4) is 0 Å². The molecule has 1 aliphatic heterocycles. The van der Waals surface area contributed by atoms with Crippen molar-refractivity contribution in [1.82, 2.24) is 9.55 Å². The van der Waals surface area contributed by atoms with E-state index >= 15 is 0 Å². The Morgan fingerprint density at radius 3 is 2.79 bits per heavy atom. The summed E-state index contributed by atoms with van der Waals surface area (Å²) in [5.41, 5.74) is 0.780. The molecular weight excluding hydrogens is 356 g/mol. The van der Waals surface area contributed by atoms with Crippen LogP contribution in [-0.2, 0) is 36.1 Å². The molecule has 130 valence electrons. The molecule has 2 atom stereocenters. The molecule has 0 bridgehead atoms. The Balaban J connectivity index is 1.82. The lowest BCUT2D eigenvalue weighted by Crippen LogP contribution is -2.34. The van der Waals surface area contributed by atoms with Gasteiger partial charge in [0.15, 0.2) is 0 Å². The van der Waals surface area contributed by atoms with E-state index in [-0.39, 0.29) is 13.2 Å². The average Bonchev–Trinajstić information content (AvgIpc) is 3.16. The van der Waals surface area contributed by atoms with E-state index in [0.29, 0.717) is 11.6 Å². The van der Waals surface area contributed by atoms with Crippen LogP contribution in [0.5, 0.6) is 0 Å². The lowest BCUT2D eigenvalue weighted by molar-refractivity contribution is -0.189. The molecule has 1 aromatic carbocycles. The molecular formula is C15H17ClN2O5S. The van der Waals surface area contributed by atoms with Gasteiger partial charge >= 0.3 is 0 Å². The molecule has 9 heteroatoms. The van der Waals surface area contributed by atoms with Crippen molar-refractivity contribution < 1.29 is 22.1 Å². The second-order valence-corrected chi connectivity index (χ2v) is 7.61. The van der Waals surface area contributed by atoms with Gasteiger partial charge < -0.3 is 14.0 Å². The van der Waals surface area contributed by atoms with Crippen LogP contribution < -0.4 is 0 Å². The first-order valence-electron chi connectivity index (χ1n) is 7.24. The minimum atomic E-state index is -3.54. The smallest absolute Gasteiger partial charge is 0.264 e. The van der Waals surface area contributed by atoms with Gasteiger partial charge in [-0.15, -0.1) is 0 Å². The second-order valence-electron chi connectivity index (χ2n) is 5.53. The number of benzene rings is 1. The summed E-state index contributed by atoms with van der Waals surface area (Å²) >= 11 is 5.95. The Bertz CT molecular complexity index is 779. The molecule has 3 rings (SSSR count). The number of ether oxygens (including phenoxy) is 2. The third-order valence-corrected chi connectivity index (χ3v) is 4.38. The summed E-state index contributed by atoms with van der Waals surface area (Å²) < 4.78 is 41.0. The van der Waals surface area contributed by atoms with E-state index < -0.39 is 22.0 Å². The number of rotatable bonds is 6. The second kappa shape index (κ2) is 6.81. The van der Waals surface area contributed by atoms with Crippen molar-refractivity contribution in [3.05, 3.63) is 53.6 Å². The van der Waals surface area contributed by atoms with E-state index in [9.17, 15) is 8.42 Å². The molecule has 0 amide bonds. The van der Waals surface area contributed by atoms with Gasteiger partial charge in [-0.05, 0) is 12.1 Å². The summed E-state index contributed by atoms with van der Waals surface area (Å²) in [4.78, 5) is 4.02. The van der Waals surface area contributed by atoms with Crippen LogP contribution in [-0.4, -0.2) is 43.5 Å². The molecule has 7 nitrogen and oxygen atoms in total. The van der Waals surface area contributed by atoms with Crippen LogP contribution in [0.1, 0.15) is 5.56 Å². The highest BCUT2D eigenvalue weighted by atomic mass is 35.5. The van der Waals surface area contributed by atoms with E-state index in [1.807, 2.05) is 16.7 Å². The van der Waals surface area contributed by atoms with E-state index in [1.54, 1.807) is 30.9 Å². The Labute approximate surface area is 145 Å². The third-order valence-electron chi connectivity index (χ3n) is 3.56. The predicted octanol–water partition coefficient (Wildman–Crippen LogP) is 1.78. The number of hydrogen-bond donors (Lipinski definition) is 0. The maximum atomic E-state index is 11.2. The van der Waals surface area contributed by atoms with Crippen molar-refractivity contribution in [2.45, 2.75) is 18.4 Å². The number of halogens is 1. The van der Waals surface area contributed by atoms with Crippen molar-refractivity contribution in [3.63, 3.8) is 0 Å².